The summed E-state index contributed by atoms with van der Waals surface area (Å²) in [5, 5.41) is 12.0. The van der Waals surface area contributed by atoms with Crippen LogP contribution in [0.5, 0.6) is 5.75 Å². The van der Waals surface area contributed by atoms with Gasteiger partial charge >= 0.3 is 0 Å². The van der Waals surface area contributed by atoms with Gasteiger partial charge in [0, 0.05) is 26.1 Å². The first-order chi connectivity index (χ1) is 15.6. The summed E-state index contributed by atoms with van der Waals surface area (Å²) in [5.74, 6) is 1.01. The summed E-state index contributed by atoms with van der Waals surface area (Å²) >= 11 is 0. The van der Waals surface area contributed by atoms with Crippen LogP contribution in [0.3, 0.4) is 0 Å². The number of nitrogens with one attached hydrogen (secondary N) is 1. The highest BCUT2D eigenvalue weighted by Gasteiger charge is 2.20. The zero-order valence-electron chi connectivity index (χ0n) is 17.5. The topological polar surface area (TPSA) is 95.6 Å². The molecule has 32 heavy (non-hydrogen) atoms. The van der Waals surface area contributed by atoms with E-state index in [1.54, 1.807) is 36.4 Å². The Bertz CT molecular complexity index is 1160. The second-order valence-corrected chi connectivity index (χ2v) is 7.58. The standard InChI is InChI=1S/C25H23N3O4/c26-14-20-7-1-2-8-22(20)31-17-21-10-11-23(32-21)25(30)27-15-18-5-3-6-19(13-18)16-28-12-4-9-24(28)29/h1-3,5-8,10-11,13H,4,9,12,15-17H2,(H,27,30). The van der Waals surface area contributed by atoms with Gasteiger partial charge in [0.25, 0.3) is 5.91 Å². The molecule has 0 unspecified atom stereocenters. The molecule has 4 rings (SSSR count). The summed E-state index contributed by atoms with van der Waals surface area (Å²) in [6.07, 6.45) is 1.53. The van der Waals surface area contributed by atoms with Crippen LogP contribution in [-0.4, -0.2) is 23.3 Å². The Morgan fingerprint density at radius 2 is 1.97 bits per heavy atom. The lowest BCUT2D eigenvalue weighted by molar-refractivity contribution is -0.128. The number of amides is 2. The Balaban J connectivity index is 1.30. The zero-order chi connectivity index (χ0) is 22.3. The number of nitriles is 1. The molecule has 0 atom stereocenters. The van der Waals surface area contributed by atoms with Crippen LogP contribution < -0.4 is 10.1 Å². The minimum atomic E-state index is -0.325. The third kappa shape index (κ3) is 5.16. The van der Waals surface area contributed by atoms with E-state index < -0.39 is 0 Å². The van der Waals surface area contributed by atoms with Gasteiger partial charge in [-0.2, -0.15) is 5.26 Å². The van der Waals surface area contributed by atoms with Gasteiger partial charge in [-0.05, 0) is 41.8 Å². The number of nitrogens with zero attached hydrogens (tertiary/aromatic N) is 2. The lowest BCUT2D eigenvalue weighted by Gasteiger charge is -2.16. The molecule has 0 radical (unpaired) electrons. The number of rotatable bonds is 8. The third-order valence-electron chi connectivity index (χ3n) is 5.25. The molecule has 0 aliphatic carbocycles. The number of para-hydroxylation sites is 1. The first-order valence-corrected chi connectivity index (χ1v) is 10.5. The first kappa shape index (κ1) is 21.2. The SMILES string of the molecule is N#Cc1ccccc1OCc1ccc(C(=O)NCc2cccc(CN3CCCC3=O)c2)o1. The van der Waals surface area contributed by atoms with Crippen molar-refractivity contribution in [2.45, 2.75) is 32.5 Å². The summed E-state index contributed by atoms with van der Waals surface area (Å²) in [5.41, 5.74) is 2.43. The van der Waals surface area contributed by atoms with Crippen molar-refractivity contribution in [3.8, 4) is 11.8 Å². The molecule has 0 bridgehead atoms. The van der Waals surface area contributed by atoms with E-state index in [4.69, 9.17) is 14.4 Å². The average molecular weight is 429 g/mol. The molecule has 1 aliphatic rings. The maximum absolute atomic E-state index is 12.5. The van der Waals surface area contributed by atoms with Gasteiger partial charge in [0.1, 0.15) is 24.2 Å². The lowest BCUT2D eigenvalue weighted by Crippen LogP contribution is -2.24. The molecule has 3 aromatic rings. The average Bonchev–Trinajstić information content (AvgIpc) is 3.46. The molecule has 1 fully saturated rings. The molecule has 0 spiro atoms. The van der Waals surface area contributed by atoms with Crippen LogP contribution in [0.1, 0.15) is 45.8 Å². The highest BCUT2D eigenvalue weighted by atomic mass is 16.5. The lowest BCUT2D eigenvalue weighted by atomic mass is 10.1. The van der Waals surface area contributed by atoms with E-state index in [0.29, 0.717) is 36.6 Å². The summed E-state index contributed by atoms with van der Waals surface area (Å²) in [6.45, 7) is 1.86. The van der Waals surface area contributed by atoms with Gasteiger partial charge in [-0.3, -0.25) is 9.59 Å². The molecule has 7 nitrogen and oxygen atoms in total. The Kier molecular flexibility index (Phi) is 6.52. The van der Waals surface area contributed by atoms with Crippen molar-refractivity contribution in [1.29, 1.82) is 5.26 Å². The number of furan rings is 1. The molecule has 162 valence electrons. The minimum absolute atomic E-state index is 0.114. The summed E-state index contributed by atoms with van der Waals surface area (Å²) in [6, 6.07) is 20.1. The number of hydrogen-bond acceptors (Lipinski definition) is 5. The molecule has 1 aliphatic heterocycles. The van der Waals surface area contributed by atoms with Gasteiger partial charge in [0.2, 0.25) is 5.91 Å². The van der Waals surface area contributed by atoms with Crippen LogP contribution >= 0.6 is 0 Å². The molecular weight excluding hydrogens is 406 g/mol. The molecule has 1 N–H and O–H groups in total. The number of hydrogen-bond donors (Lipinski definition) is 1. The molecule has 2 amide bonds. The number of carbonyl (C=O) groups excluding carboxylic acids is 2. The van der Waals surface area contributed by atoms with E-state index in [9.17, 15) is 9.59 Å². The van der Waals surface area contributed by atoms with E-state index in [1.165, 1.54) is 0 Å². The Morgan fingerprint density at radius 1 is 1.12 bits per heavy atom. The second kappa shape index (κ2) is 9.84. The minimum Gasteiger partial charge on any atom is -0.484 e. The van der Waals surface area contributed by atoms with Crippen LogP contribution in [0.25, 0.3) is 0 Å². The summed E-state index contributed by atoms with van der Waals surface area (Å²) in [4.78, 5) is 26.2. The number of likely N-dealkylation sites (tertiary alicyclic amines) is 1. The summed E-state index contributed by atoms with van der Waals surface area (Å²) < 4.78 is 11.2. The van der Waals surface area contributed by atoms with Gasteiger partial charge in [0.15, 0.2) is 5.76 Å². The molecule has 0 saturated carbocycles. The van der Waals surface area contributed by atoms with E-state index in [-0.39, 0.29) is 24.2 Å². The van der Waals surface area contributed by atoms with Crippen molar-refractivity contribution in [2.24, 2.45) is 0 Å². The van der Waals surface area contributed by atoms with Crippen LogP contribution in [0, 0.1) is 11.3 Å². The Labute approximate surface area is 186 Å². The monoisotopic (exact) mass is 429 g/mol. The fourth-order valence-electron chi connectivity index (χ4n) is 3.61. The smallest absolute Gasteiger partial charge is 0.287 e. The van der Waals surface area contributed by atoms with Gasteiger partial charge < -0.3 is 19.4 Å². The quantitative estimate of drug-likeness (QED) is 0.588. The predicted molar refractivity (Wildman–Crippen MR) is 116 cm³/mol. The molecule has 1 saturated heterocycles. The van der Waals surface area contributed by atoms with E-state index in [1.807, 2.05) is 29.2 Å². The summed E-state index contributed by atoms with van der Waals surface area (Å²) in [7, 11) is 0. The highest BCUT2D eigenvalue weighted by molar-refractivity contribution is 5.91. The predicted octanol–water partition coefficient (Wildman–Crippen LogP) is 3.78. The fourth-order valence-corrected chi connectivity index (χ4v) is 3.61. The van der Waals surface area contributed by atoms with Gasteiger partial charge in [-0.25, -0.2) is 0 Å². The maximum Gasteiger partial charge on any atom is 0.287 e. The normalized spacial score (nSPS) is 13.1. The van der Waals surface area contributed by atoms with Crippen molar-refractivity contribution in [3.63, 3.8) is 0 Å². The number of carbonyl (C=O) groups is 2. The number of benzene rings is 2. The number of ether oxygens (including phenoxy) is 1. The molecule has 2 heterocycles. The van der Waals surface area contributed by atoms with Crippen molar-refractivity contribution in [2.75, 3.05) is 6.54 Å². The van der Waals surface area contributed by atoms with E-state index in [0.717, 1.165) is 24.1 Å². The van der Waals surface area contributed by atoms with Crippen molar-refractivity contribution >= 4 is 11.8 Å². The van der Waals surface area contributed by atoms with Crippen molar-refractivity contribution in [1.82, 2.24) is 10.2 Å². The van der Waals surface area contributed by atoms with E-state index >= 15 is 0 Å². The highest BCUT2D eigenvalue weighted by Crippen LogP contribution is 2.19. The van der Waals surface area contributed by atoms with Gasteiger partial charge in [-0.1, -0.05) is 36.4 Å². The largest absolute Gasteiger partial charge is 0.484 e. The van der Waals surface area contributed by atoms with Crippen LogP contribution in [0.2, 0.25) is 0 Å². The van der Waals surface area contributed by atoms with Crippen molar-refractivity contribution in [3.05, 3.63) is 88.9 Å². The van der Waals surface area contributed by atoms with Crippen LogP contribution in [-0.2, 0) is 24.5 Å². The van der Waals surface area contributed by atoms with Crippen molar-refractivity contribution < 1.29 is 18.7 Å². The zero-order valence-corrected chi connectivity index (χ0v) is 17.5. The van der Waals surface area contributed by atoms with Gasteiger partial charge in [0.05, 0.1) is 5.56 Å². The van der Waals surface area contributed by atoms with Gasteiger partial charge in [-0.15, -0.1) is 0 Å². The molecular formula is C25H23N3O4. The first-order valence-electron chi connectivity index (χ1n) is 10.5. The third-order valence-corrected chi connectivity index (χ3v) is 5.25. The molecule has 2 aromatic carbocycles. The fraction of sp³-hybridized carbons (Fsp3) is 0.240. The Morgan fingerprint density at radius 3 is 2.78 bits per heavy atom. The van der Waals surface area contributed by atoms with Crippen LogP contribution in [0.4, 0.5) is 0 Å². The van der Waals surface area contributed by atoms with E-state index in [2.05, 4.69) is 11.4 Å². The molecule has 7 heteroatoms. The van der Waals surface area contributed by atoms with Crippen LogP contribution in [0.15, 0.2) is 65.1 Å². The maximum atomic E-state index is 12.5. The Hall–Kier alpha value is -4.05. The second-order valence-electron chi connectivity index (χ2n) is 7.58. The molecule has 1 aromatic heterocycles.